The minimum Gasteiger partial charge on any atom is -0.493 e. The molecule has 1 heterocycles. The van der Waals surface area contributed by atoms with E-state index in [1.54, 1.807) is 26.4 Å². The Kier molecular flexibility index (Phi) is 5.74. The third-order valence-electron chi connectivity index (χ3n) is 6.19. The predicted octanol–water partition coefficient (Wildman–Crippen LogP) is 2.84. The molecule has 0 amide bonds. The molecule has 2 atom stereocenters. The van der Waals surface area contributed by atoms with Gasteiger partial charge in [0.25, 0.3) is 0 Å². The number of nitriles is 3. The number of hydrogen-bond donors (Lipinski definition) is 1. The first-order chi connectivity index (χ1) is 14.4. The van der Waals surface area contributed by atoms with Gasteiger partial charge in [-0.15, -0.1) is 0 Å². The second-order valence-corrected chi connectivity index (χ2v) is 7.84. The van der Waals surface area contributed by atoms with Gasteiger partial charge in [0, 0.05) is 31.0 Å². The highest BCUT2D eigenvalue weighted by atomic mass is 16.5. The van der Waals surface area contributed by atoms with Crippen molar-refractivity contribution in [2.45, 2.75) is 25.8 Å². The van der Waals surface area contributed by atoms with Crippen molar-refractivity contribution in [3.8, 4) is 29.7 Å². The fourth-order valence-electron chi connectivity index (χ4n) is 4.55. The van der Waals surface area contributed by atoms with Gasteiger partial charge < -0.3 is 15.2 Å². The molecule has 30 heavy (non-hydrogen) atoms. The average molecular weight is 403 g/mol. The number of nitrogens with zero attached hydrogens (tertiary/aromatic N) is 4. The molecular weight excluding hydrogens is 378 g/mol. The first-order valence-electron chi connectivity index (χ1n) is 9.77. The maximum absolute atomic E-state index is 10.2. The molecule has 0 saturated heterocycles. The van der Waals surface area contributed by atoms with Crippen molar-refractivity contribution >= 4 is 0 Å². The van der Waals surface area contributed by atoms with Crippen LogP contribution in [0.4, 0.5) is 0 Å². The van der Waals surface area contributed by atoms with Crippen molar-refractivity contribution in [1.29, 1.82) is 15.8 Å². The highest BCUT2D eigenvalue weighted by Crippen LogP contribution is 2.54. The Balaban J connectivity index is 2.30. The van der Waals surface area contributed by atoms with E-state index in [0.717, 1.165) is 11.1 Å². The molecule has 2 aliphatic rings. The Morgan fingerprint density at radius 2 is 1.80 bits per heavy atom. The first kappa shape index (κ1) is 21.2. The van der Waals surface area contributed by atoms with Gasteiger partial charge in [0.2, 0.25) is 0 Å². The van der Waals surface area contributed by atoms with Crippen LogP contribution in [0.25, 0.3) is 0 Å². The van der Waals surface area contributed by atoms with E-state index in [1.807, 2.05) is 12.1 Å². The number of benzene rings is 1. The Bertz CT molecular complexity index is 1020. The number of allylic oxidation sites excluding steroid dienone is 2. The van der Waals surface area contributed by atoms with E-state index >= 15 is 0 Å². The Morgan fingerprint density at radius 1 is 1.13 bits per heavy atom. The largest absolute Gasteiger partial charge is 0.493 e. The van der Waals surface area contributed by atoms with Gasteiger partial charge in [-0.2, -0.15) is 15.8 Å². The molecule has 2 N–H and O–H groups in total. The molecule has 0 spiro atoms. The molecule has 7 nitrogen and oxygen atoms in total. The molecule has 0 radical (unpaired) electrons. The molecule has 1 aliphatic carbocycles. The van der Waals surface area contributed by atoms with Gasteiger partial charge in [0.15, 0.2) is 16.9 Å². The number of ether oxygens (including phenoxy) is 2. The van der Waals surface area contributed by atoms with Gasteiger partial charge in [-0.25, -0.2) is 0 Å². The van der Waals surface area contributed by atoms with E-state index < -0.39 is 11.3 Å². The lowest BCUT2D eigenvalue weighted by atomic mass is 9.58. The molecule has 1 aromatic carbocycles. The maximum Gasteiger partial charge on any atom is 0.191 e. The van der Waals surface area contributed by atoms with Crippen LogP contribution in [0.1, 0.15) is 25.3 Å². The first-order valence-corrected chi connectivity index (χ1v) is 9.77. The van der Waals surface area contributed by atoms with Gasteiger partial charge >= 0.3 is 0 Å². The quantitative estimate of drug-likeness (QED) is 0.821. The van der Waals surface area contributed by atoms with Gasteiger partial charge in [-0.1, -0.05) is 12.1 Å². The average Bonchev–Trinajstić information content (AvgIpc) is 2.77. The molecule has 154 valence electrons. The minimum atomic E-state index is -1.66. The summed E-state index contributed by atoms with van der Waals surface area (Å²) in [7, 11) is 3.09. The number of methoxy groups -OCH3 is 2. The zero-order valence-electron chi connectivity index (χ0n) is 17.6. The fraction of sp³-hybridized carbons (Fsp3) is 0.435. The van der Waals surface area contributed by atoms with Crippen LogP contribution in [0, 0.1) is 45.3 Å². The third-order valence-corrected chi connectivity index (χ3v) is 6.19. The SMILES string of the molecule is COc1ccc([C@H]2[C@H]3CN(C(C)C)CC=C3C(C#N)=C(N)C2(C#N)C#N)cc1OC. The van der Waals surface area contributed by atoms with E-state index in [4.69, 9.17) is 15.2 Å². The lowest BCUT2D eigenvalue weighted by Gasteiger charge is -2.46. The maximum atomic E-state index is 10.2. The van der Waals surface area contributed by atoms with Crippen molar-refractivity contribution in [2.75, 3.05) is 27.3 Å². The number of nitrogens with two attached hydrogens (primary N) is 1. The summed E-state index contributed by atoms with van der Waals surface area (Å²) in [5, 5.41) is 30.1. The van der Waals surface area contributed by atoms with Gasteiger partial charge in [0.05, 0.1) is 37.6 Å². The van der Waals surface area contributed by atoms with Crippen LogP contribution in [-0.2, 0) is 0 Å². The zero-order valence-corrected chi connectivity index (χ0v) is 17.6. The highest BCUT2D eigenvalue weighted by Gasteiger charge is 2.54. The molecule has 7 heteroatoms. The summed E-state index contributed by atoms with van der Waals surface area (Å²) in [5.74, 6) is 0.272. The third kappa shape index (κ3) is 3.07. The Morgan fingerprint density at radius 3 is 2.33 bits per heavy atom. The number of fused-ring (bicyclic) bond motifs is 1. The summed E-state index contributed by atoms with van der Waals surface area (Å²) < 4.78 is 10.8. The molecule has 1 aromatic rings. The summed E-state index contributed by atoms with van der Waals surface area (Å²) in [6, 6.07) is 12.2. The van der Waals surface area contributed by atoms with Crippen molar-refractivity contribution in [3.63, 3.8) is 0 Å². The Hall–Kier alpha value is -3.47. The number of rotatable bonds is 4. The molecule has 3 rings (SSSR count). The summed E-state index contributed by atoms with van der Waals surface area (Å²) >= 11 is 0. The van der Waals surface area contributed by atoms with Crippen LogP contribution in [0.5, 0.6) is 11.5 Å². The van der Waals surface area contributed by atoms with Gasteiger partial charge in [0.1, 0.15) is 6.07 Å². The van der Waals surface area contributed by atoms with Crippen molar-refractivity contribution in [1.82, 2.24) is 4.90 Å². The van der Waals surface area contributed by atoms with Crippen LogP contribution in [0.3, 0.4) is 0 Å². The second kappa shape index (κ2) is 8.11. The van der Waals surface area contributed by atoms with E-state index in [1.165, 1.54) is 0 Å². The highest BCUT2D eigenvalue weighted by molar-refractivity contribution is 5.60. The second-order valence-electron chi connectivity index (χ2n) is 7.84. The normalized spacial score (nSPS) is 22.9. The van der Waals surface area contributed by atoms with Crippen molar-refractivity contribution in [2.24, 2.45) is 17.1 Å². The van der Waals surface area contributed by atoms with E-state index in [-0.39, 0.29) is 23.2 Å². The summed E-state index contributed by atoms with van der Waals surface area (Å²) in [4.78, 5) is 2.26. The lowest BCUT2D eigenvalue weighted by Crippen LogP contribution is -2.49. The van der Waals surface area contributed by atoms with Gasteiger partial charge in [-0.3, -0.25) is 4.90 Å². The molecule has 0 saturated carbocycles. The zero-order chi connectivity index (χ0) is 22.1. The standard InChI is InChI=1S/C23H25N5O2/c1-14(2)28-8-7-16-17(10-24)22(27)23(12-25,13-26)21(18(16)11-28)15-5-6-19(29-3)20(9-15)30-4/h5-7,9,14,18,21H,8,11,27H2,1-4H3/t18-,21-/m0/s1. The van der Waals surface area contributed by atoms with Gasteiger partial charge in [-0.05, 0) is 37.1 Å². The van der Waals surface area contributed by atoms with E-state index in [0.29, 0.717) is 24.6 Å². The number of hydrogen-bond acceptors (Lipinski definition) is 7. The summed E-state index contributed by atoms with van der Waals surface area (Å²) in [6.07, 6.45) is 2.01. The molecule has 0 unspecified atom stereocenters. The molecule has 0 bridgehead atoms. The lowest BCUT2D eigenvalue weighted by molar-refractivity contribution is 0.174. The topological polar surface area (TPSA) is 119 Å². The predicted molar refractivity (Wildman–Crippen MR) is 111 cm³/mol. The smallest absolute Gasteiger partial charge is 0.191 e. The minimum absolute atomic E-state index is 0.0234. The van der Waals surface area contributed by atoms with Crippen LogP contribution in [0.15, 0.2) is 41.1 Å². The fourth-order valence-corrected chi connectivity index (χ4v) is 4.55. The molecule has 1 aliphatic heterocycles. The van der Waals surface area contributed by atoms with Crippen molar-refractivity contribution in [3.05, 3.63) is 46.7 Å². The summed E-state index contributed by atoms with van der Waals surface area (Å²) in [6.45, 7) is 5.51. The Labute approximate surface area is 177 Å². The van der Waals surface area contributed by atoms with Crippen LogP contribution in [-0.4, -0.2) is 38.3 Å². The van der Waals surface area contributed by atoms with Crippen LogP contribution in [0.2, 0.25) is 0 Å². The monoisotopic (exact) mass is 403 g/mol. The van der Waals surface area contributed by atoms with Crippen LogP contribution < -0.4 is 15.2 Å². The van der Waals surface area contributed by atoms with E-state index in [9.17, 15) is 15.8 Å². The molecular formula is C23H25N5O2. The van der Waals surface area contributed by atoms with Crippen LogP contribution >= 0.6 is 0 Å². The van der Waals surface area contributed by atoms with Crippen molar-refractivity contribution < 1.29 is 9.47 Å². The summed E-state index contributed by atoms with van der Waals surface area (Å²) in [5.41, 5.74) is 6.52. The van der Waals surface area contributed by atoms with E-state index in [2.05, 4.69) is 37.0 Å². The molecule has 0 aromatic heterocycles. The molecule has 0 fully saturated rings.